The second kappa shape index (κ2) is 7.57. The van der Waals surface area contributed by atoms with Crippen LogP contribution in [0.5, 0.6) is 0 Å². The van der Waals surface area contributed by atoms with Crippen LogP contribution in [0.3, 0.4) is 0 Å². The van der Waals surface area contributed by atoms with Gasteiger partial charge >= 0.3 is 0 Å². The van der Waals surface area contributed by atoms with Crippen molar-refractivity contribution in [3.63, 3.8) is 0 Å². The topological polar surface area (TPSA) is 73.3 Å². The smallest absolute Gasteiger partial charge is 0.251 e. The van der Waals surface area contributed by atoms with Crippen LogP contribution in [0.1, 0.15) is 22.5 Å². The number of hydrogen-bond acceptors (Lipinski definition) is 7. The minimum atomic E-state index is -0.169. The van der Waals surface area contributed by atoms with Gasteiger partial charge in [-0.2, -0.15) is 0 Å². The third-order valence-electron chi connectivity index (χ3n) is 4.13. The molecule has 1 amide bonds. The van der Waals surface area contributed by atoms with E-state index in [1.54, 1.807) is 28.4 Å². The summed E-state index contributed by atoms with van der Waals surface area (Å²) in [6.45, 7) is 1.55. The lowest BCUT2D eigenvalue weighted by molar-refractivity contribution is -0.0611. The minimum Gasteiger partial charge on any atom is -0.379 e. The molecule has 1 aliphatic rings. The Bertz CT molecular complexity index is 850. The van der Waals surface area contributed by atoms with Gasteiger partial charge in [-0.05, 0) is 24.6 Å². The van der Waals surface area contributed by atoms with Crippen molar-refractivity contribution in [2.45, 2.75) is 25.2 Å². The summed E-state index contributed by atoms with van der Waals surface area (Å²) in [6, 6.07) is 5.37. The molecule has 0 saturated carbocycles. The summed E-state index contributed by atoms with van der Waals surface area (Å²) in [4.78, 5) is 21.1. The molecule has 0 aliphatic carbocycles. The SMILES string of the molecule is O=C(N[C@@H]1COCC[C@@H]1OCc1cscn1)c1ccc2ncsc2c1. The van der Waals surface area contributed by atoms with E-state index in [-0.39, 0.29) is 18.1 Å². The Kier molecular flexibility index (Phi) is 5.02. The van der Waals surface area contributed by atoms with Gasteiger partial charge in [0, 0.05) is 17.6 Å². The van der Waals surface area contributed by atoms with Gasteiger partial charge in [0.05, 0.1) is 52.3 Å². The third kappa shape index (κ3) is 3.87. The molecule has 0 radical (unpaired) electrons. The first-order valence-electron chi connectivity index (χ1n) is 8.00. The minimum absolute atomic E-state index is 0.0773. The molecule has 0 bridgehead atoms. The fourth-order valence-corrected chi connectivity index (χ4v) is 4.06. The van der Waals surface area contributed by atoms with E-state index in [1.807, 2.05) is 17.5 Å². The first-order chi connectivity index (χ1) is 12.3. The van der Waals surface area contributed by atoms with Gasteiger partial charge in [0.2, 0.25) is 0 Å². The lowest BCUT2D eigenvalue weighted by Crippen LogP contribution is -2.50. The Morgan fingerprint density at radius 3 is 3.20 bits per heavy atom. The van der Waals surface area contributed by atoms with Crippen LogP contribution in [0.2, 0.25) is 0 Å². The Morgan fingerprint density at radius 2 is 2.32 bits per heavy atom. The van der Waals surface area contributed by atoms with Gasteiger partial charge in [-0.1, -0.05) is 0 Å². The zero-order valence-electron chi connectivity index (χ0n) is 13.4. The van der Waals surface area contributed by atoms with Gasteiger partial charge in [0.25, 0.3) is 5.91 Å². The predicted octanol–water partition coefficient (Wildman–Crippen LogP) is 2.86. The van der Waals surface area contributed by atoms with E-state index in [1.165, 1.54) is 11.3 Å². The normalized spacial score (nSPS) is 20.6. The molecule has 1 saturated heterocycles. The van der Waals surface area contributed by atoms with Crippen molar-refractivity contribution in [3.8, 4) is 0 Å². The molecule has 2 atom stereocenters. The fourth-order valence-electron chi connectivity index (χ4n) is 2.80. The molecular weight excluding hydrogens is 358 g/mol. The van der Waals surface area contributed by atoms with Gasteiger partial charge in [0.1, 0.15) is 0 Å². The first-order valence-corrected chi connectivity index (χ1v) is 9.82. The zero-order chi connectivity index (χ0) is 17.1. The number of benzene rings is 1. The van der Waals surface area contributed by atoms with Crippen LogP contribution in [0.15, 0.2) is 34.6 Å². The van der Waals surface area contributed by atoms with Crippen molar-refractivity contribution in [1.82, 2.24) is 15.3 Å². The lowest BCUT2D eigenvalue weighted by atomic mass is 10.1. The summed E-state index contributed by atoms with van der Waals surface area (Å²) in [7, 11) is 0. The van der Waals surface area contributed by atoms with Crippen molar-refractivity contribution in [2.75, 3.05) is 13.2 Å². The molecule has 3 aromatic rings. The average Bonchev–Trinajstić information content (AvgIpc) is 3.31. The molecule has 1 aromatic carbocycles. The lowest BCUT2D eigenvalue weighted by Gasteiger charge is -2.32. The molecule has 0 spiro atoms. The Hall–Kier alpha value is -1.87. The molecule has 1 aliphatic heterocycles. The Morgan fingerprint density at radius 1 is 1.36 bits per heavy atom. The predicted molar refractivity (Wildman–Crippen MR) is 97.0 cm³/mol. The van der Waals surface area contributed by atoms with Crippen molar-refractivity contribution in [2.24, 2.45) is 0 Å². The fraction of sp³-hybridized carbons (Fsp3) is 0.353. The summed E-state index contributed by atoms with van der Waals surface area (Å²) in [5, 5.41) is 5.02. The van der Waals surface area contributed by atoms with E-state index in [2.05, 4.69) is 15.3 Å². The van der Waals surface area contributed by atoms with E-state index in [9.17, 15) is 4.79 Å². The van der Waals surface area contributed by atoms with Crippen LogP contribution in [-0.4, -0.2) is 41.2 Å². The number of fused-ring (bicyclic) bond motifs is 1. The number of rotatable bonds is 5. The maximum atomic E-state index is 12.6. The molecule has 2 aromatic heterocycles. The molecule has 4 rings (SSSR count). The van der Waals surface area contributed by atoms with Crippen LogP contribution in [0.4, 0.5) is 0 Å². The quantitative estimate of drug-likeness (QED) is 0.742. The van der Waals surface area contributed by atoms with Crippen molar-refractivity contribution >= 4 is 38.8 Å². The molecule has 0 unspecified atom stereocenters. The van der Waals surface area contributed by atoms with E-state index in [0.717, 1.165) is 22.3 Å². The Balaban J connectivity index is 1.42. The van der Waals surface area contributed by atoms with Crippen molar-refractivity contribution in [1.29, 1.82) is 0 Å². The van der Waals surface area contributed by atoms with Crippen molar-refractivity contribution < 1.29 is 14.3 Å². The molecular formula is C17H17N3O3S2. The number of thiazole rings is 2. The third-order valence-corrected chi connectivity index (χ3v) is 5.56. The van der Waals surface area contributed by atoms with Gasteiger partial charge in [-0.25, -0.2) is 9.97 Å². The second-order valence-electron chi connectivity index (χ2n) is 5.81. The summed E-state index contributed by atoms with van der Waals surface area (Å²) >= 11 is 3.07. The van der Waals surface area contributed by atoms with Crippen LogP contribution in [0.25, 0.3) is 10.2 Å². The maximum Gasteiger partial charge on any atom is 0.251 e. The van der Waals surface area contributed by atoms with E-state index in [4.69, 9.17) is 9.47 Å². The van der Waals surface area contributed by atoms with Crippen LogP contribution >= 0.6 is 22.7 Å². The maximum absolute atomic E-state index is 12.6. The number of aromatic nitrogens is 2. The molecule has 130 valence electrons. The van der Waals surface area contributed by atoms with E-state index < -0.39 is 0 Å². The van der Waals surface area contributed by atoms with Gasteiger partial charge in [-0.15, -0.1) is 22.7 Å². The average molecular weight is 375 g/mol. The largest absolute Gasteiger partial charge is 0.379 e. The monoisotopic (exact) mass is 375 g/mol. The highest BCUT2D eigenvalue weighted by atomic mass is 32.1. The second-order valence-corrected chi connectivity index (χ2v) is 7.41. The molecule has 8 heteroatoms. The molecule has 1 N–H and O–H groups in total. The molecule has 1 fully saturated rings. The number of nitrogens with zero attached hydrogens (tertiary/aromatic N) is 2. The number of nitrogens with one attached hydrogen (secondary N) is 1. The molecule has 25 heavy (non-hydrogen) atoms. The van der Waals surface area contributed by atoms with Crippen LogP contribution in [0, 0.1) is 0 Å². The highest BCUT2D eigenvalue weighted by Gasteiger charge is 2.28. The summed E-state index contributed by atoms with van der Waals surface area (Å²) in [5.41, 5.74) is 6.02. The molecule has 6 nitrogen and oxygen atoms in total. The number of ether oxygens (including phenoxy) is 2. The highest BCUT2D eigenvalue weighted by Crippen LogP contribution is 2.20. The zero-order valence-corrected chi connectivity index (χ0v) is 15.0. The standard InChI is InChI=1S/C17H17N3O3S2/c21-17(11-1-2-13-16(5-11)25-10-19-13)20-14-7-22-4-3-15(14)23-6-12-8-24-9-18-12/h1-2,5,8-10,14-15H,3-4,6-7H2,(H,20,21)/t14-,15+/m1/s1. The van der Waals surface area contributed by atoms with E-state index >= 15 is 0 Å². The number of hydrogen-bond donors (Lipinski definition) is 1. The summed E-state index contributed by atoms with van der Waals surface area (Å²) < 4.78 is 12.5. The van der Waals surface area contributed by atoms with Gasteiger partial charge in [0.15, 0.2) is 0 Å². The van der Waals surface area contributed by atoms with Crippen LogP contribution < -0.4 is 5.32 Å². The number of carbonyl (C=O) groups excluding carboxylic acids is 1. The van der Waals surface area contributed by atoms with Crippen LogP contribution in [-0.2, 0) is 16.1 Å². The number of amides is 1. The number of carbonyl (C=O) groups is 1. The van der Waals surface area contributed by atoms with Crippen molar-refractivity contribution in [3.05, 3.63) is 45.9 Å². The summed E-state index contributed by atoms with van der Waals surface area (Å²) in [6.07, 6.45) is 0.676. The van der Waals surface area contributed by atoms with Gasteiger partial charge < -0.3 is 14.8 Å². The Labute approximate surface area is 152 Å². The van der Waals surface area contributed by atoms with E-state index in [0.29, 0.717) is 25.4 Å². The highest BCUT2D eigenvalue weighted by molar-refractivity contribution is 7.16. The van der Waals surface area contributed by atoms with Gasteiger partial charge in [-0.3, -0.25) is 4.79 Å². The first kappa shape index (κ1) is 16.6. The molecule has 3 heterocycles. The summed E-state index contributed by atoms with van der Waals surface area (Å²) in [5.74, 6) is -0.118.